The summed E-state index contributed by atoms with van der Waals surface area (Å²) in [6, 6.07) is 18.2. The average molecular weight is 492 g/mol. The number of pyridine rings is 1. The summed E-state index contributed by atoms with van der Waals surface area (Å²) < 4.78 is 35.9. The largest absolute Gasteiger partial charge is 0.494 e. The molecule has 0 saturated carbocycles. The number of amides is 1. The number of hydrogen-bond donors (Lipinski definition) is 1. The number of rotatable bonds is 7. The van der Waals surface area contributed by atoms with Gasteiger partial charge in [0, 0.05) is 24.0 Å². The highest BCUT2D eigenvalue weighted by atomic mass is 32.2. The minimum Gasteiger partial charge on any atom is -0.494 e. The molecule has 2 aromatic carbocycles. The Morgan fingerprint density at radius 1 is 1.09 bits per heavy atom. The summed E-state index contributed by atoms with van der Waals surface area (Å²) in [6.07, 6.45) is 3.47. The van der Waals surface area contributed by atoms with E-state index in [0.717, 1.165) is 18.5 Å². The Balaban J connectivity index is 1.38. The van der Waals surface area contributed by atoms with Crippen LogP contribution in [-0.2, 0) is 10.0 Å². The van der Waals surface area contributed by atoms with E-state index in [4.69, 9.17) is 4.74 Å². The van der Waals surface area contributed by atoms with Gasteiger partial charge >= 0.3 is 0 Å². The number of nitrogens with one attached hydrogen (secondary N) is 1. The number of ether oxygens (including phenoxy) is 1. The molecule has 1 aliphatic rings. The van der Waals surface area contributed by atoms with Gasteiger partial charge in [0.05, 0.1) is 17.5 Å². The molecule has 10 heteroatoms. The van der Waals surface area contributed by atoms with Crippen LogP contribution < -0.4 is 9.46 Å². The van der Waals surface area contributed by atoms with Crippen LogP contribution >= 0.6 is 0 Å². The number of carbonyl (C=O) groups is 1. The van der Waals surface area contributed by atoms with Gasteiger partial charge in [-0.15, -0.1) is 10.2 Å². The second-order valence-corrected chi connectivity index (χ2v) is 9.92. The van der Waals surface area contributed by atoms with E-state index < -0.39 is 10.0 Å². The van der Waals surface area contributed by atoms with Crippen LogP contribution in [0.5, 0.6) is 5.75 Å². The van der Waals surface area contributed by atoms with Crippen molar-refractivity contribution in [3.05, 3.63) is 84.3 Å². The van der Waals surface area contributed by atoms with Gasteiger partial charge in [0.2, 0.25) is 0 Å². The summed E-state index contributed by atoms with van der Waals surface area (Å²) in [6.45, 7) is 2.97. The van der Waals surface area contributed by atoms with Crippen molar-refractivity contribution in [1.29, 1.82) is 0 Å². The lowest BCUT2D eigenvalue weighted by Gasteiger charge is -2.23. The number of nitrogens with zero attached hydrogens (tertiary/aromatic N) is 4. The minimum absolute atomic E-state index is 0.0147. The summed E-state index contributed by atoms with van der Waals surface area (Å²) in [5, 5.41) is 8.54. The number of sulfonamides is 1. The van der Waals surface area contributed by atoms with Crippen LogP contribution in [0, 0.1) is 0 Å². The molecule has 0 aliphatic carbocycles. The Morgan fingerprint density at radius 3 is 2.71 bits per heavy atom. The molecule has 1 fully saturated rings. The molecular formula is C25H25N5O4S. The number of aromatic nitrogens is 3. The zero-order valence-corrected chi connectivity index (χ0v) is 20.0. The van der Waals surface area contributed by atoms with Gasteiger partial charge in [-0.1, -0.05) is 12.1 Å². The highest BCUT2D eigenvalue weighted by Gasteiger charge is 2.34. The molecule has 35 heavy (non-hydrogen) atoms. The fourth-order valence-corrected chi connectivity index (χ4v) is 5.43. The van der Waals surface area contributed by atoms with E-state index in [9.17, 15) is 13.2 Å². The van der Waals surface area contributed by atoms with E-state index >= 15 is 0 Å². The lowest BCUT2D eigenvalue weighted by atomic mass is 10.1. The van der Waals surface area contributed by atoms with Gasteiger partial charge in [-0.25, -0.2) is 8.42 Å². The first-order valence-corrected chi connectivity index (χ1v) is 12.9. The first-order valence-electron chi connectivity index (χ1n) is 11.4. The van der Waals surface area contributed by atoms with Crippen LogP contribution in [0.25, 0.3) is 5.65 Å². The van der Waals surface area contributed by atoms with Crippen molar-refractivity contribution in [2.75, 3.05) is 17.9 Å². The predicted octanol–water partition coefficient (Wildman–Crippen LogP) is 3.91. The van der Waals surface area contributed by atoms with E-state index in [-0.39, 0.29) is 16.8 Å². The Kier molecular flexibility index (Phi) is 6.12. The zero-order valence-electron chi connectivity index (χ0n) is 19.2. The average Bonchev–Trinajstić information content (AvgIpc) is 3.52. The molecule has 5 rings (SSSR count). The van der Waals surface area contributed by atoms with Crippen LogP contribution in [0.3, 0.4) is 0 Å². The van der Waals surface area contributed by atoms with Crippen molar-refractivity contribution in [3.63, 3.8) is 0 Å². The van der Waals surface area contributed by atoms with Crippen molar-refractivity contribution in [3.8, 4) is 5.75 Å². The molecule has 1 unspecified atom stereocenters. The maximum absolute atomic E-state index is 13.5. The van der Waals surface area contributed by atoms with E-state index in [1.807, 2.05) is 35.7 Å². The maximum atomic E-state index is 13.5. The van der Waals surface area contributed by atoms with Gasteiger partial charge in [0.1, 0.15) is 5.75 Å². The molecule has 1 N–H and O–H groups in total. The molecule has 0 spiro atoms. The zero-order chi connectivity index (χ0) is 24.4. The van der Waals surface area contributed by atoms with Crippen molar-refractivity contribution < 1.29 is 17.9 Å². The van der Waals surface area contributed by atoms with Crippen molar-refractivity contribution in [2.24, 2.45) is 0 Å². The molecule has 9 nitrogen and oxygen atoms in total. The topological polar surface area (TPSA) is 106 Å². The smallest absolute Gasteiger partial charge is 0.261 e. The molecule has 0 radical (unpaired) electrons. The van der Waals surface area contributed by atoms with E-state index in [0.29, 0.717) is 36.0 Å². The Morgan fingerprint density at radius 2 is 1.91 bits per heavy atom. The normalized spacial score (nSPS) is 15.9. The third kappa shape index (κ3) is 4.57. The van der Waals surface area contributed by atoms with Crippen LogP contribution in [0.15, 0.2) is 77.8 Å². The van der Waals surface area contributed by atoms with Crippen LogP contribution in [0.4, 0.5) is 5.69 Å². The Bertz CT molecular complexity index is 1470. The standard InChI is InChI=1S/C25H25N5O4S/c1-2-34-20-13-11-19(12-14-20)28-35(32,33)21-8-5-7-18(17-21)25(31)29-16-6-9-22(29)24-27-26-23-10-3-4-15-30(23)24/h3-5,7-8,10-15,17,22,28H,2,6,9,16H2,1H3. The Hall–Kier alpha value is -3.92. The summed E-state index contributed by atoms with van der Waals surface area (Å²) in [5.74, 6) is 1.12. The summed E-state index contributed by atoms with van der Waals surface area (Å²) in [4.78, 5) is 15.2. The van der Waals surface area contributed by atoms with E-state index in [1.54, 1.807) is 41.3 Å². The number of hydrogen-bond acceptors (Lipinski definition) is 6. The van der Waals surface area contributed by atoms with Gasteiger partial charge in [0.25, 0.3) is 15.9 Å². The first-order chi connectivity index (χ1) is 17.0. The molecule has 1 amide bonds. The molecular weight excluding hydrogens is 466 g/mol. The van der Waals surface area contributed by atoms with Gasteiger partial charge in [-0.2, -0.15) is 0 Å². The quantitative estimate of drug-likeness (QED) is 0.420. The van der Waals surface area contributed by atoms with Gasteiger partial charge in [-0.05, 0) is 74.4 Å². The second-order valence-electron chi connectivity index (χ2n) is 8.23. The van der Waals surface area contributed by atoms with Crippen molar-refractivity contribution in [2.45, 2.75) is 30.7 Å². The summed E-state index contributed by atoms with van der Waals surface area (Å²) >= 11 is 0. The summed E-state index contributed by atoms with van der Waals surface area (Å²) in [7, 11) is -3.89. The highest BCUT2D eigenvalue weighted by molar-refractivity contribution is 7.92. The van der Waals surface area contributed by atoms with E-state index in [1.165, 1.54) is 12.1 Å². The van der Waals surface area contributed by atoms with Crippen molar-refractivity contribution in [1.82, 2.24) is 19.5 Å². The summed E-state index contributed by atoms with van der Waals surface area (Å²) in [5.41, 5.74) is 1.43. The second kappa shape index (κ2) is 9.38. The van der Waals surface area contributed by atoms with Gasteiger partial charge in [-0.3, -0.25) is 13.9 Å². The van der Waals surface area contributed by atoms with Crippen LogP contribution in [-0.4, -0.2) is 47.0 Å². The number of anilines is 1. The molecule has 1 saturated heterocycles. The minimum atomic E-state index is -3.89. The molecule has 3 heterocycles. The van der Waals surface area contributed by atoms with Crippen molar-refractivity contribution >= 4 is 27.3 Å². The number of carbonyl (C=O) groups excluding carboxylic acids is 1. The fraction of sp³-hybridized carbons (Fsp3) is 0.240. The number of benzene rings is 2. The molecule has 1 atom stereocenters. The lowest BCUT2D eigenvalue weighted by molar-refractivity contribution is 0.0729. The molecule has 2 aromatic heterocycles. The highest BCUT2D eigenvalue weighted by Crippen LogP contribution is 2.32. The molecule has 180 valence electrons. The molecule has 1 aliphatic heterocycles. The first kappa shape index (κ1) is 22.9. The van der Waals surface area contributed by atoms with Gasteiger partial charge < -0.3 is 9.64 Å². The molecule has 0 bridgehead atoms. The number of fused-ring (bicyclic) bond motifs is 1. The van der Waals surface area contributed by atoms with E-state index in [2.05, 4.69) is 14.9 Å². The number of likely N-dealkylation sites (tertiary alicyclic amines) is 1. The predicted molar refractivity (Wildman–Crippen MR) is 131 cm³/mol. The third-order valence-corrected chi connectivity index (χ3v) is 7.34. The SMILES string of the molecule is CCOc1ccc(NS(=O)(=O)c2cccc(C(=O)N3CCCC3c3nnc4ccccn34)c2)cc1. The Labute approximate surface area is 203 Å². The maximum Gasteiger partial charge on any atom is 0.261 e. The molecule has 4 aromatic rings. The lowest BCUT2D eigenvalue weighted by Crippen LogP contribution is -2.31. The van der Waals surface area contributed by atoms with Crippen LogP contribution in [0.2, 0.25) is 0 Å². The third-order valence-electron chi connectivity index (χ3n) is 5.96. The fourth-order valence-electron chi connectivity index (χ4n) is 4.33. The van der Waals surface area contributed by atoms with Crippen LogP contribution in [0.1, 0.15) is 42.0 Å². The monoisotopic (exact) mass is 491 g/mol. The van der Waals surface area contributed by atoms with Gasteiger partial charge in [0.15, 0.2) is 11.5 Å².